The van der Waals surface area contributed by atoms with Gasteiger partial charge in [-0.2, -0.15) is 5.26 Å². The number of hydrogen-bond donors (Lipinski definition) is 1. The van der Waals surface area contributed by atoms with Crippen LogP contribution in [0.4, 0.5) is 0 Å². The third kappa shape index (κ3) is 2.85. The molecule has 0 fully saturated rings. The van der Waals surface area contributed by atoms with Gasteiger partial charge in [0.25, 0.3) is 0 Å². The highest BCUT2D eigenvalue weighted by atomic mass is 16.3. The van der Waals surface area contributed by atoms with Crippen LogP contribution in [0.1, 0.15) is 17.0 Å². The maximum atomic E-state index is 9.20. The van der Waals surface area contributed by atoms with Crippen molar-refractivity contribution in [2.75, 3.05) is 0 Å². The van der Waals surface area contributed by atoms with Gasteiger partial charge in [0.15, 0.2) is 0 Å². The highest BCUT2D eigenvalue weighted by Crippen LogP contribution is 2.21. The SMILES string of the molecule is N#C[C@H](Cc1ccc(O)cc1)c1ccccc1. The van der Waals surface area contributed by atoms with Gasteiger partial charge in [-0.25, -0.2) is 0 Å². The predicted molar refractivity (Wildman–Crippen MR) is 66.6 cm³/mol. The summed E-state index contributed by atoms with van der Waals surface area (Å²) in [6.45, 7) is 0. The molecule has 0 unspecified atom stereocenters. The van der Waals surface area contributed by atoms with Gasteiger partial charge >= 0.3 is 0 Å². The maximum absolute atomic E-state index is 9.20. The molecule has 1 atom stereocenters. The van der Waals surface area contributed by atoms with Gasteiger partial charge in [0.05, 0.1) is 12.0 Å². The molecular formula is C15H13NO. The van der Waals surface area contributed by atoms with Crippen LogP contribution in [-0.2, 0) is 6.42 Å². The van der Waals surface area contributed by atoms with Crippen molar-refractivity contribution in [3.05, 3.63) is 65.7 Å². The van der Waals surface area contributed by atoms with E-state index in [-0.39, 0.29) is 11.7 Å². The monoisotopic (exact) mass is 223 g/mol. The Kier molecular flexibility index (Phi) is 3.42. The smallest absolute Gasteiger partial charge is 0.115 e. The van der Waals surface area contributed by atoms with E-state index in [1.54, 1.807) is 12.1 Å². The topological polar surface area (TPSA) is 44.0 Å². The predicted octanol–water partition coefficient (Wildman–Crippen LogP) is 3.24. The Morgan fingerprint density at radius 3 is 2.24 bits per heavy atom. The summed E-state index contributed by atoms with van der Waals surface area (Å²) in [7, 11) is 0. The lowest BCUT2D eigenvalue weighted by Crippen LogP contribution is -1.99. The van der Waals surface area contributed by atoms with Crippen molar-refractivity contribution in [3.63, 3.8) is 0 Å². The van der Waals surface area contributed by atoms with Gasteiger partial charge in [0.1, 0.15) is 5.75 Å². The standard InChI is InChI=1S/C15H13NO/c16-11-14(13-4-2-1-3-5-13)10-12-6-8-15(17)9-7-12/h1-9,14,17H,10H2/t14-/m0/s1. The highest BCUT2D eigenvalue weighted by molar-refractivity contribution is 5.31. The summed E-state index contributed by atoms with van der Waals surface area (Å²) in [5.74, 6) is 0.114. The van der Waals surface area contributed by atoms with E-state index in [4.69, 9.17) is 0 Å². The van der Waals surface area contributed by atoms with Crippen molar-refractivity contribution in [2.45, 2.75) is 12.3 Å². The molecule has 0 amide bonds. The molecule has 0 saturated carbocycles. The van der Waals surface area contributed by atoms with Gasteiger partial charge in [-0.3, -0.25) is 0 Å². The summed E-state index contributed by atoms with van der Waals surface area (Å²) in [4.78, 5) is 0. The molecule has 0 bridgehead atoms. The van der Waals surface area contributed by atoms with Crippen molar-refractivity contribution < 1.29 is 5.11 Å². The summed E-state index contributed by atoms with van der Waals surface area (Å²) in [6.07, 6.45) is 0.667. The lowest BCUT2D eigenvalue weighted by Gasteiger charge is -2.09. The molecule has 0 aliphatic heterocycles. The quantitative estimate of drug-likeness (QED) is 0.868. The first kappa shape index (κ1) is 11.2. The number of rotatable bonds is 3. The molecule has 2 rings (SSSR count). The third-order valence-electron chi connectivity index (χ3n) is 2.73. The Morgan fingerprint density at radius 2 is 1.65 bits per heavy atom. The van der Waals surface area contributed by atoms with Crippen LogP contribution >= 0.6 is 0 Å². The van der Waals surface area contributed by atoms with Gasteiger partial charge < -0.3 is 5.11 Å². The van der Waals surface area contributed by atoms with Crippen molar-refractivity contribution >= 4 is 0 Å². The molecule has 0 aliphatic carbocycles. The molecule has 2 nitrogen and oxygen atoms in total. The zero-order valence-electron chi connectivity index (χ0n) is 9.38. The molecule has 1 N–H and O–H groups in total. The molecule has 17 heavy (non-hydrogen) atoms. The molecule has 2 aromatic carbocycles. The van der Waals surface area contributed by atoms with E-state index in [0.717, 1.165) is 11.1 Å². The van der Waals surface area contributed by atoms with Gasteiger partial charge in [0, 0.05) is 0 Å². The first-order valence-corrected chi connectivity index (χ1v) is 5.52. The van der Waals surface area contributed by atoms with Crippen LogP contribution in [0, 0.1) is 11.3 Å². The van der Waals surface area contributed by atoms with Crippen LogP contribution in [-0.4, -0.2) is 5.11 Å². The van der Waals surface area contributed by atoms with E-state index < -0.39 is 0 Å². The van der Waals surface area contributed by atoms with E-state index in [2.05, 4.69) is 6.07 Å². The van der Waals surface area contributed by atoms with Crippen molar-refractivity contribution in [3.8, 4) is 11.8 Å². The number of phenols is 1. The van der Waals surface area contributed by atoms with Crippen LogP contribution in [0.5, 0.6) is 5.75 Å². The van der Waals surface area contributed by atoms with E-state index >= 15 is 0 Å². The molecule has 2 aromatic rings. The molecular weight excluding hydrogens is 210 g/mol. The van der Waals surface area contributed by atoms with Crippen molar-refractivity contribution in [1.29, 1.82) is 5.26 Å². The second kappa shape index (κ2) is 5.18. The third-order valence-corrected chi connectivity index (χ3v) is 2.73. The van der Waals surface area contributed by atoms with Crippen molar-refractivity contribution in [1.82, 2.24) is 0 Å². The Labute approximate surface area is 101 Å². The van der Waals surface area contributed by atoms with Crippen LogP contribution in [0.2, 0.25) is 0 Å². The van der Waals surface area contributed by atoms with E-state index in [1.165, 1.54) is 0 Å². The maximum Gasteiger partial charge on any atom is 0.115 e. The number of aromatic hydroxyl groups is 1. The fraction of sp³-hybridized carbons (Fsp3) is 0.133. The Hall–Kier alpha value is -2.27. The summed E-state index contributed by atoms with van der Waals surface area (Å²) in [5, 5.41) is 18.4. The Morgan fingerprint density at radius 1 is 1.00 bits per heavy atom. The number of phenolic OH excluding ortho intramolecular Hbond substituents is 1. The lowest BCUT2D eigenvalue weighted by atomic mass is 9.93. The molecule has 2 heteroatoms. The molecule has 0 spiro atoms. The lowest BCUT2D eigenvalue weighted by molar-refractivity contribution is 0.475. The number of nitriles is 1. The van der Waals surface area contributed by atoms with Gasteiger partial charge in [-0.15, -0.1) is 0 Å². The average molecular weight is 223 g/mol. The zero-order chi connectivity index (χ0) is 12.1. The van der Waals surface area contributed by atoms with Gasteiger partial charge in [-0.05, 0) is 29.7 Å². The van der Waals surface area contributed by atoms with E-state index in [9.17, 15) is 10.4 Å². The summed E-state index contributed by atoms with van der Waals surface area (Å²) < 4.78 is 0. The number of hydrogen-bond acceptors (Lipinski definition) is 2. The Bertz CT molecular complexity index is 511. The summed E-state index contributed by atoms with van der Waals surface area (Å²) in [5.41, 5.74) is 2.08. The van der Waals surface area contributed by atoms with Crippen LogP contribution < -0.4 is 0 Å². The highest BCUT2D eigenvalue weighted by Gasteiger charge is 2.10. The van der Waals surface area contributed by atoms with Crippen molar-refractivity contribution in [2.24, 2.45) is 0 Å². The average Bonchev–Trinajstić information content (AvgIpc) is 2.39. The summed E-state index contributed by atoms with van der Waals surface area (Å²) in [6, 6.07) is 19.1. The fourth-order valence-corrected chi connectivity index (χ4v) is 1.79. The van der Waals surface area contributed by atoms with E-state index in [0.29, 0.717) is 6.42 Å². The summed E-state index contributed by atoms with van der Waals surface area (Å²) >= 11 is 0. The molecule has 84 valence electrons. The Balaban J connectivity index is 2.17. The van der Waals surface area contributed by atoms with Crippen LogP contribution in [0.25, 0.3) is 0 Å². The second-order valence-corrected chi connectivity index (χ2v) is 3.96. The first-order valence-electron chi connectivity index (χ1n) is 5.52. The van der Waals surface area contributed by atoms with Crippen LogP contribution in [0.3, 0.4) is 0 Å². The number of benzene rings is 2. The normalized spacial score (nSPS) is 11.7. The fourth-order valence-electron chi connectivity index (χ4n) is 1.79. The minimum Gasteiger partial charge on any atom is -0.508 e. The molecule has 0 aliphatic rings. The van der Waals surface area contributed by atoms with Gasteiger partial charge in [0.2, 0.25) is 0 Å². The minimum absolute atomic E-state index is 0.138. The molecule has 0 heterocycles. The molecule has 0 saturated heterocycles. The van der Waals surface area contributed by atoms with E-state index in [1.807, 2.05) is 42.5 Å². The molecule has 0 radical (unpaired) electrons. The van der Waals surface area contributed by atoms with Gasteiger partial charge in [-0.1, -0.05) is 42.5 Å². The van der Waals surface area contributed by atoms with Crippen LogP contribution in [0.15, 0.2) is 54.6 Å². The second-order valence-electron chi connectivity index (χ2n) is 3.96. The zero-order valence-corrected chi connectivity index (χ0v) is 9.38. The minimum atomic E-state index is -0.138. The molecule has 0 aromatic heterocycles. The number of nitrogens with zero attached hydrogens (tertiary/aromatic N) is 1. The first-order chi connectivity index (χ1) is 8.29. The largest absolute Gasteiger partial charge is 0.508 e.